The van der Waals surface area contributed by atoms with Crippen LogP contribution in [0, 0.1) is 0 Å². The van der Waals surface area contributed by atoms with Gasteiger partial charge in [-0.3, -0.25) is 9.69 Å². The minimum atomic E-state index is 0.0109. The predicted molar refractivity (Wildman–Crippen MR) is 87.1 cm³/mol. The molecule has 1 saturated heterocycles. The quantitative estimate of drug-likeness (QED) is 0.901. The fourth-order valence-electron chi connectivity index (χ4n) is 3.71. The molecule has 2 fully saturated rings. The van der Waals surface area contributed by atoms with Crippen molar-refractivity contribution in [1.82, 2.24) is 20.4 Å². The summed E-state index contributed by atoms with van der Waals surface area (Å²) in [5.74, 6) is 2.08. The van der Waals surface area contributed by atoms with Gasteiger partial charge in [-0.05, 0) is 39.3 Å². The molecule has 3 rings (SSSR count). The Bertz CT molecular complexity index is 510. The molecule has 1 unspecified atom stereocenters. The summed E-state index contributed by atoms with van der Waals surface area (Å²) in [6, 6.07) is 0.0109. The third-order valence-corrected chi connectivity index (χ3v) is 5.16. The Labute approximate surface area is 138 Å². The molecule has 1 saturated carbocycles. The third-order valence-electron chi connectivity index (χ3n) is 5.16. The number of carbonyl (C=O) groups is 1. The summed E-state index contributed by atoms with van der Waals surface area (Å²) in [6.07, 6.45) is 9.97. The summed E-state index contributed by atoms with van der Waals surface area (Å²) < 4.78 is 5.37. The molecule has 1 atom stereocenters. The topological polar surface area (TPSA) is 71.3 Å². The number of hydrogen-bond acceptors (Lipinski definition) is 5. The fraction of sp³-hybridized carbons (Fsp3) is 0.824. The molecule has 1 aromatic rings. The van der Waals surface area contributed by atoms with Gasteiger partial charge in [-0.1, -0.05) is 30.8 Å². The summed E-state index contributed by atoms with van der Waals surface area (Å²) in [4.78, 5) is 19.0. The zero-order valence-corrected chi connectivity index (χ0v) is 14.1. The average Bonchev–Trinajstić information content (AvgIpc) is 3.17. The summed E-state index contributed by atoms with van der Waals surface area (Å²) >= 11 is 0. The van der Waals surface area contributed by atoms with Crippen LogP contribution in [0.3, 0.4) is 0 Å². The molecular formula is C17H28N4O2. The maximum absolute atomic E-state index is 12.3. The van der Waals surface area contributed by atoms with Crippen LogP contribution in [0.25, 0.3) is 0 Å². The van der Waals surface area contributed by atoms with Crippen molar-refractivity contribution in [2.75, 3.05) is 20.1 Å². The molecule has 0 radical (unpaired) electrons. The zero-order chi connectivity index (χ0) is 16.1. The molecule has 2 aliphatic rings. The van der Waals surface area contributed by atoms with E-state index in [2.05, 4.69) is 20.4 Å². The van der Waals surface area contributed by atoms with Crippen LogP contribution in [-0.4, -0.2) is 47.1 Å². The van der Waals surface area contributed by atoms with Crippen LogP contribution in [0.15, 0.2) is 4.52 Å². The van der Waals surface area contributed by atoms with E-state index in [9.17, 15) is 4.79 Å². The van der Waals surface area contributed by atoms with E-state index in [-0.39, 0.29) is 11.9 Å². The number of likely N-dealkylation sites (N-methyl/N-ethyl adjacent to an activating group) is 1. The molecule has 1 aromatic heterocycles. The van der Waals surface area contributed by atoms with Crippen LogP contribution in [0.2, 0.25) is 0 Å². The Balaban J connectivity index is 1.44. The SMILES string of the molecule is CN1CCCCCC1C(=O)NCCc1noc(C2CCCC2)n1. The Morgan fingerprint density at radius 1 is 1.22 bits per heavy atom. The maximum atomic E-state index is 12.3. The predicted octanol–water partition coefficient (Wildman–Crippen LogP) is 2.26. The summed E-state index contributed by atoms with van der Waals surface area (Å²) in [7, 11) is 2.04. The van der Waals surface area contributed by atoms with Crippen LogP contribution in [0.4, 0.5) is 0 Å². The van der Waals surface area contributed by atoms with Crippen molar-refractivity contribution in [3.63, 3.8) is 0 Å². The van der Waals surface area contributed by atoms with Gasteiger partial charge in [0, 0.05) is 18.9 Å². The molecule has 2 heterocycles. The third kappa shape index (κ3) is 4.31. The van der Waals surface area contributed by atoms with Crippen LogP contribution in [0.1, 0.15) is 69.0 Å². The summed E-state index contributed by atoms with van der Waals surface area (Å²) in [6.45, 7) is 1.58. The first-order valence-electron chi connectivity index (χ1n) is 9.04. The first kappa shape index (κ1) is 16.4. The first-order valence-corrected chi connectivity index (χ1v) is 9.04. The monoisotopic (exact) mass is 320 g/mol. The van der Waals surface area contributed by atoms with Gasteiger partial charge in [0.15, 0.2) is 5.82 Å². The van der Waals surface area contributed by atoms with Crippen molar-refractivity contribution >= 4 is 5.91 Å². The van der Waals surface area contributed by atoms with E-state index in [1.54, 1.807) is 0 Å². The van der Waals surface area contributed by atoms with E-state index in [0.29, 0.717) is 24.7 Å². The highest BCUT2D eigenvalue weighted by Crippen LogP contribution is 2.32. The fourth-order valence-corrected chi connectivity index (χ4v) is 3.71. The van der Waals surface area contributed by atoms with E-state index in [1.165, 1.54) is 25.7 Å². The molecule has 0 spiro atoms. The Morgan fingerprint density at radius 2 is 2.00 bits per heavy atom. The number of rotatable bonds is 5. The summed E-state index contributed by atoms with van der Waals surface area (Å²) in [5, 5.41) is 7.09. The largest absolute Gasteiger partial charge is 0.354 e. The maximum Gasteiger partial charge on any atom is 0.237 e. The van der Waals surface area contributed by atoms with Gasteiger partial charge in [0.2, 0.25) is 11.8 Å². The van der Waals surface area contributed by atoms with Crippen molar-refractivity contribution in [3.05, 3.63) is 11.7 Å². The van der Waals surface area contributed by atoms with Crippen LogP contribution < -0.4 is 5.32 Å². The highest BCUT2D eigenvalue weighted by Gasteiger charge is 2.25. The van der Waals surface area contributed by atoms with Crippen molar-refractivity contribution < 1.29 is 9.32 Å². The van der Waals surface area contributed by atoms with Gasteiger partial charge in [0.25, 0.3) is 0 Å². The number of likely N-dealkylation sites (tertiary alicyclic amines) is 1. The van der Waals surface area contributed by atoms with E-state index in [1.807, 2.05) is 7.05 Å². The van der Waals surface area contributed by atoms with Gasteiger partial charge in [-0.15, -0.1) is 0 Å². The van der Waals surface area contributed by atoms with Gasteiger partial charge in [-0.25, -0.2) is 0 Å². The average molecular weight is 320 g/mol. The molecule has 1 aliphatic carbocycles. The number of amides is 1. The second kappa shape index (κ2) is 7.90. The second-order valence-corrected chi connectivity index (χ2v) is 6.92. The standard InChI is InChI=1S/C17H28N4O2/c1-21-12-6-2-3-9-14(21)16(22)18-11-10-15-19-17(23-20-15)13-7-4-5-8-13/h13-14H,2-12H2,1H3,(H,18,22). The molecule has 1 amide bonds. The second-order valence-electron chi connectivity index (χ2n) is 6.92. The first-order chi connectivity index (χ1) is 11.2. The van der Waals surface area contributed by atoms with Gasteiger partial charge in [-0.2, -0.15) is 4.98 Å². The van der Waals surface area contributed by atoms with E-state index >= 15 is 0 Å². The lowest BCUT2D eigenvalue weighted by Gasteiger charge is -2.24. The van der Waals surface area contributed by atoms with E-state index in [0.717, 1.165) is 38.1 Å². The highest BCUT2D eigenvalue weighted by molar-refractivity contribution is 5.81. The smallest absolute Gasteiger partial charge is 0.237 e. The molecule has 6 nitrogen and oxygen atoms in total. The zero-order valence-electron chi connectivity index (χ0n) is 14.1. The van der Waals surface area contributed by atoms with E-state index < -0.39 is 0 Å². The van der Waals surface area contributed by atoms with Gasteiger partial charge >= 0.3 is 0 Å². The van der Waals surface area contributed by atoms with Gasteiger partial charge in [0.05, 0.1) is 6.04 Å². The lowest BCUT2D eigenvalue weighted by atomic mass is 10.1. The summed E-state index contributed by atoms with van der Waals surface area (Å²) in [5.41, 5.74) is 0. The van der Waals surface area contributed by atoms with Crippen LogP contribution in [-0.2, 0) is 11.2 Å². The molecule has 128 valence electrons. The lowest BCUT2D eigenvalue weighted by molar-refractivity contribution is -0.126. The van der Waals surface area contributed by atoms with Crippen LogP contribution in [0.5, 0.6) is 0 Å². The Kier molecular flexibility index (Phi) is 5.65. The molecule has 1 aliphatic heterocycles. The minimum Gasteiger partial charge on any atom is -0.354 e. The number of nitrogens with zero attached hydrogens (tertiary/aromatic N) is 3. The number of hydrogen-bond donors (Lipinski definition) is 1. The Hall–Kier alpha value is -1.43. The normalized spacial score (nSPS) is 23.8. The van der Waals surface area contributed by atoms with E-state index in [4.69, 9.17) is 4.52 Å². The van der Waals surface area contributed by atoms with Crippen LogP contribution >= 0.6 is 0 Å². The minimum absolute atomic E-state index is 0.0109. The lowest BCUT2D eigenvalue weighted by Crippen LogP contribution is -2.45. The molecule has 1 N–H and O–H groups in total. The highest BCUT2D eigenvalue weighted by atomic mass is 16.5. The Morgan fingerprint density at radius 3 is 2.83 bits per heavy atom. The molecule has 23 heavy (non-hydrogen) atoms. The van der Waals surface area contributed by atoms with Crippen molar-refractivity contribution in [3.8, 4) is 0 Å². The molecule has 0 bridgehead atoms. The van der Waals surface area contributed by atoms with Crippen molar-refractivity contribution in [2.24, 2.45) is 0 Å². The van der Waals surface area contributed by atoms with Crippen molar-refractivity contribution in [2.45, 2.75) is 69.7 Å². The number of aromatic nitrogens is 2. The molecule has 0 aromatic carbocycles. The van der Waals surface area contributed by atoms with Gasteiger partial charge < -0.3 is 9.84 Å². The van der Waals surface area contributed by atoms with Gasteiger partial charge in [0.1, 0.15) is 0 Å². The number of nitrogens with one attached hydrogen (secondary N) is 1. The number of carbonyl (C=O) groups excluding carboxylic acids is 1. The molecular weight excluding hydrogens is 292 g/mol. The van der Waals surface area contributed by atoms with Crippen molar-refractivity contribution in [1.29, 1.82) is 0 Å². The molecule has 6 heteroatoms.